The molecule has 0 radical (unpaired) electrons. The van der Waals surface area contributed by atoms with Crippen LogP contribution in [0.5, 0.6) is 0 Å². The number of aromatic nitrogens is 2. The molecule has 0 aliphatic rings. The molecule has 0 N–H and O–H groups in total. The Bertz CT molecular complexity index is 796. The average molecular weight is 713 g/mol. The summed E-state index contributed by atoms with van der Waals surface area (Å²) in [6, 6.07) is 0.596. The fraction of sp³-hybridized carbons (Fsp3) is 0.939. The van der Waals surface area contributed by atoms with Crippen molar-refractivity contribution in [1.82, 2.24) is 9.55 Å². The molecule has 51 heavy (non-hydrogen) atoms. The Hall–Kier alpha value is -0.790. The van der Waals surface area contributed by atoms with Crippen LogP contribution in [0.15, 0.2) is 6.20 Å². The number of rotatable bonds is 42. The Morgan fingerprint density at radius 1 is 0.373 bits per heavy atom. The van der Waals surface area contributed by atoms with Gasteiger partial charge in [0.2, 0.25) is 0 Å². The van der Waals surface area contributed by atoms with E-state index >= 15 is 0 Å². The van der Waals surface area contributed by atoms with Crippen LogP contribution in [-0.2, 0) is 12.8 Å². The molecule has 0 saturated heterocycles. The zero-order chi connectivity index (χ0) is 36.7. The molecule has 302 valence electrons. The van der Waals surface area contributed by atoms with E-state index in [1.807, 2.05) is 0 Å². The average Bonchev–Trinajstić information content (AvgIpc) is 3.55. The van der Waals surface area contributed by atoms with Gasteiger partial charge in [-0.25, -0.2) is 4.98 Å². The van der Waals surface area contributed by atoms with Gasteiger partial charge < -0.3 is 4.57 Å². The summed E-state index contributed by atoms with van der Waals surface area (Å²) in [4.78, 5) is 5.29. The first-order valence-corrected chi connectivity index (χ1v) is 24.3. The lowest BCUT2D eigenvalue weighted by atomic mass is 10.0. The summed E-state index contributed by atoms with van der Waals surface area (Å²) in [7, 11) is 0. The topological polar surface area (TPSA) is 17.8 Å². The summed E-state index contributed by atoms with van der Waals surface area (Å²) < 4.78 is 2.62. The molecule has 2 nitrogen and oxygen atoms in total. The molecule has 1 unspecified atom stereocenters. The first-order valence-electron chi connectivity index (χ1n) is 24.3. The number of aryl methyl sites for hydroxylation is 2. The minimum Gasteiger partial charge on any atom is -0.332 e. The minimum absolute atomic E-state index is 0.596. The lowest BCUT2D eigenvalue weighted by molar-refractivity contribution is 0.449. The molecule has 0 bridgehead atoms. The van der Waals surface area contributed by atoms with Gasteiger partial charge in [0.15, 0.2) is 0 Å². The van der Waals surface area contributed by atoms with E-state index in [1.165, 1.54) is 275 Å². The van der Waals surface area contributed by atoms with Crippen LogP contribution in [0.1, 0.15) is 296 Å². The molecule has 0 saturated carbocycles. The SMILES string of the molecule is CCCCCCCCCCCCCCCCCc1cn(C(C)CCCCCCCCCCCC)c(CCCCCCCCCCCCCCC)n1. The summed E-state index contributed by atoms with van der Waals surface area (Å²) in [5.74, 6) is 1.40. The molecule has 0 spiro atoms. The van der Waals surface area contributed by atoms with Crippen molar-refractivity contribution in [2.75, 3.05) is 0 Å². The van der Waals surface area contributed by atoms with Crippen LogP contribution in [0.4, 0.5) is 0 Å². The molecule has 1 rings (SSSR count). The quantitative estimate of drug-likeness (QED) is 0.0617. The smallest absolute Gasteiger partial charge is 0.109 e. The maximum absolute atomic E-state index is 5.29. The second-order valence-electron chi connectivity index (χ2n) is 17.1. The van der Waals surface area contributed by atoms with Crippen molar-refractivity contribution >= 4 is 0 Å². The van der Waals surface area contributed by atoms with Crippen LogP contribution in [0.3, 0.4) is 0 Å². The van der Waals surface area contributed by atoms with E-state index in [9.17, 15) is 0 Å². The molecule has 0 amide bonds. The van der Waals surface area contributed by atoms with Crippen LogP contribution < -0.4 is 0 Å². The van der Waals surface area contributed by atoms with Gasteiger partial charge >= 0.3 is 0 Å². The summed E-state index contributed by atoms with van der Waals surface area (Å²) in [5, 5.41) is 0. The van der Waals surface area contributed by atoms with E-state index in [4.69, 9.17) is 4.98 Å². The van der Waals surface area contributed by atoms with Crippen LogP contribution in [0.25, 0.3) is 0 Å². The maximum atomic E-state index is 5.29. The zero-order valence-corrected chi connectivity index (χ0v) is 36.0. The monoisotopic (exact) mass is 713 g/mol. The third-order valence-corrected chi connectivity index (χ3v) is 11.8. The molecule has 1 heterocycles. The highest BCUT2D eigenvalue weighted by atomic mass is 15.1. The first-order chi connectivity index (χ1) is 25.2. The highest BCUT2D eigenvalue weighted by molar-refractivity contribution is 5.06. The molecule has 0 fully saturated rings. The molecule has 2 heteroatoms. The fourth-order valence-corrected chi connectivity index (χ4v) is 8.22. The van der Waals surface area contributed by atoms with Crippen molar-refractivity contribution in [2.45, 2.75) is 297 Å². The van der Waals surface area contributed by atoms with Crippen molar-refractivity contribution in [1.29, 1.82) is 0 Å². The number of unbranched alkanes of at least 4 members (excludes halogenated alkanes) is 35. The molecule has 0 aliphatic heterocycles. The standard InChI is InChI=1S/C49H96N2/c1-5-8-11-14-17-20-23-25-26-28-29-32-35-38-41-44-48-46-51(47(4)43-40-37-34-31-22-19-16-13-10-7-3)49(50-48)45-42-39-36-33-30-27-24-21-18-15-12-9-6-2/h46-47H,5-45H2,1-4H3. The second-order valence-corrected chi connectivity index (χ2v) is 17.1. The van der Waals surface area contributed by atoms with Crippen LogP contribution in [0, 0.1) is 0 Å². The largest absolute Gasteiger partial charge is 0.332 e. The van der Waals surface area contributed by atoms with Gasteiger partial charge in [0.1, 0.15) is 5.82 Å². The van der Waals surface area contributed by atoms with E-state index in [0.717, 1.165) is 0 Å². The van der Waals surface area contributed by atoms with Gasteiger partial charge in [-0.3, -0.25) is 0 Å². The van der Waals surface area contributed by atoms with Gasteiger partial charge in [0.05, 0.1) is 5.69 Å². The van der Waals surface area contributed by atoms with Crippen molar-refractivity contribution in [3.05, 3.63) is 17.7 Å². The summed E-state index contributed by atoms with van der Waals surface area (Å²) in [5.41, 5.74) is 1.38. The predicted octanol–water partition coefficient (Wildman–Crippen LogP) is 17.8. The van der Waals surface area contributed by atoms with E-state index < -0.39 is 0 Å². The van der Waals surface area contributed by atoms with Gasteiger partial charge in [-0.05, 0) is 32.6 Å². The Labute approximate surface area is 323 Å². The lowest BCUT2D eigenvalue weighted by Crippen LogP contribution is -2.09. The third-order valence-electron chi connectivity index (χ3n) is 11.8. The van der Waals surface area contributed by atoms with E-state index in [1.54, 1.807) is 0 Å². The first kappa shape index (κ1) is 48.2. The highest BCUT2D eigenvalue weighted by Crippen LogP contribution is 2.23. The second kappa shape index (κ2) is 38.9. The molecule has 1 atom stereocenters. The van der Waals surface area contributed by atoms with Crippen molar-refractivity contribution in [3.63, 3.8) is 0 Å². The number of imidazole rings is 1. The Kier molecular flexibility index (Phi) is 36.8. The van der Waals surface area contributed by atoms with Crippen LogP contribution >= 0.6 is 0 Å². The molecule has 1 aromatic rings. The molecule has 1 aromatic heterocycles. The Morgan fingerprint density at radius 3 is 0.980 bits per heavy atom. The number of hydrogen-bond donors (Lipinski definition) is 0. The van der Waals surface area contributed by atoms with Crippen LogP contribution in [-0.4, -0.2) is 9.55 Å². The van der Waals surface area contributed by atoms with E-state index in [0.29, 0.717) is 6.04 Å². The zero-order valence-electron chi connectivity index (χ0n) is 36.0. The van der Waals surface area contributed by atoms with Gasteiger partial charge in [0.25, 0.3) is 0 Å². The molecular weight excluding hydrogens is 617 g/mol. The normalized spacial score (nSPS) is 12.3. The van der Waals surface area contributed by atoms with Crippen molar-refractivity contribution in [2.24, 2.45) is 0 Å². The molecule has 0 aliphatic carbocycles. The van der Waals surface area contributed by atoms with E-state index in [2.05, 4.69) is 38.5 Å². The van der Waals surface area contributed by atoms with Gasteiger partial charge in [0, 0.05) is 18.7 Å². The Balaban J connectivity index is 2.31. The molecular formula is C49H96N2. The fourth-order valence-electron chi connectivity index (χ4n) is 8.22. The lowest BCUT2D eigenvalue weighted by Gasteiger charge is -2.16. The Morgan fingerprint density at radius 2 is 0.647 bits per heavy atom. The third kappa shape index (κ3) is 31.3. The van der Waals surface area contributed by atoms with Gasteiger partial charge in [-0.2, -0.15) is 0 Å². The summed E-state index contributed by atoms with van der Waals surface area (Å²) in [6.07, 6.45) is 60.5. The summed E-state index contributed by atoms with van der Waals surface area (Å²) >= 11 is 0. The van der Waals surface area contributed by atoms with Crippen molar-refractivity contribution in [3.8, 4) is 0 Å². The summed E-state index contributed by atoms with van der Waals surface area (Å²) in [6.45, 7) is 9.41. The van der Waals surface area contributed by atoms with Gasteiger partial charge in [-0.1, -0.05) is 252 Å². The highest BCUT2D eigenvalue weighted by Gasteiger charge is 2.13. The number of hydrogen-bond acceptors (Lipinski definition) is 1. The van der Waals surface area contributed by atoms with Crippen molar-refractivity contribution < 1.29 is 0 Å². The maximum Gasteiger partial charge on any atom is 0.109 e. The minimum atomic E-state index is 0.596. The molecule has 0 aromatic carbocycles. The van der Waals surface area contributed by atoms with Crippen LogP contribution in [0.2, 0.25) is 0 Å². The van der Waals surface area contributed by atoms with E-state index in [-0.39, 0.29) is 0 Å². The van der Waals surface area contributed by atoms with Gasteiger partial charge in [-0.15, -0.1) is 0 Å². The predicted molar refractivity (Wildman–Crippen MR) is 231 cm³/mol. The number of nitrogens with zero attached hydrogens (tertiary/aromatic N) is 2.